The Hall–Kier alpha value is -0.870. The van der Waals surface area contributed by atoms with E-state index in [0.717, 1.165) is 21.3 Å². The van der Waals surface area contributed by atoms with Gasteiger partial charge in [0.2, 0.25) is 5.91 Å². The lowest BCUT2D eigenvalue weighted by molar-refractivity contribution is -0.119. The van der Waals surface area contributed by atoms with Crippen molar-refractivity contribution in [3.63, 3.8) is 0 Å². The number of hydrogen-bond acceptors (Lipinski definition) is 2. The molecule has 0 aliphatic rings. The van der Waals surface area contributed by atoms with Crippen LogP contribution in [0.15, 0.2) is 16.6 Å². The molecule has 4 heteroatoms. The summed E-state index contributed by atoms with van der Waals surface area (Å²) in [6, 6.07) is 3.43. The van der Waals surface area contributed by atoms with Crippen LogP contribution in [0, 0.1) is 19.3 Å². The van der Waals surface area contributed by atoms with E-state index in [0.29, 0.717) is 0 Å². The third-order valence-corrected chi connectivity index (χ3v) is 3.42. The van der Waals surface area contributed by atoms with Gasteiger partial charge in [-0.25, -0.2) is 0 Å². The molecule has 3 N–H and O–H groups in total. The van der Waals surface area contributed by atoms with Crippen LogP contribution in [0.25, 0.3) is 0 Å². The molecule has 3 nitrogen and oxygen atoms in total. The van der Waals surface area contributed by atoms with Crippen molar-refractivity contribution >= 4 is 27.5 Å². The highest BCUT2D eigenvalue weighted by molar-refractivity contribution is 9.10. The largest absolute Gasteiger partial charge is 0.324 e. The molecule has 0 radical (unpaired) electrons. The van der Waals surface area contributed by atoms with E-state index >= 15 is 0 Å². The maximum atomic E-state index is 12.1. The van der Waals surface area contributed by atoms with E-state index in [2.05, 4.69) is 21.2 Å². The predicted octanol–water partition coefficient (Wildman–Crippen LogP) is 3.38. The molecule has 0 unspecified atom stereocenters. The highest BCUT2D eigenvalue weighted by Crippen LogP contribution is 2.26. The van der Waals surface area contributed by atoms with Gasteiger partial charge in [0.1, 0.15) is 0 Å². The molecule has 1 aromatic rings. The van der Waals surface area contributed by atoms with Crippen LogP contribution >= 0.6 is 15.9 Å². The molecule has 0 heterocycles. The quantitative estimate of drug-likeness (QED) is 0.879. The number of amides is 1. The first-order valence-electron chi connectivity index (χ1n) is 5.96. The van der Waals surface area contributed by atoms with Crippen LogP contribution in [0.1, 0.15) is 31.9 Å². The molecule has 0 aliphatic heterocycles. The monoisotopic (exact) mass is 312 g/mol. The summed E-state index contributed by atoms with van der Waals surface area (Å²) >= 11 is 3.44. The van der Waals surface area contributed by atoms with Gasteiger partial charge in [-0.3, -0.25) is 4.79 Å². The van der Waals surface area contributed by atoms with Crippen LogP contribution in [-0.2, 0) is 4.79 Å². The van der Waals surface area contributed by atoms with E-state index in [4.69, 9.17) is 5.73 Å². The Labute approximate surface area is 117 Å². The first-order valence-corrected chi connectivity index (χ1v) is 6.75. The lowest BCUT2D eigenvalue weighted by Gasteiger charge is -2.26. The number of rotatable bonds is 2. The normalized spacial score (nSPS) is 13.3. The maximum absolute atomic E-state index is 12.1. The second kappa shape index (κ2) is 5.41. The molecule has 0 aromatic heterocycles. The first-order chi connectivity index (χ1) is 8.12. The topological polar surface area (TPSA) is 55.1 Å². The highest BCUT2D eigenvalue weighted by Gasteiger charge is 2.27. The van der Waals surface area contributed by atoms with Crippen molar-refractivity contribution in [2.75, 3.05) is 5.32 Å². The fourth-order valence-electron chi connectivity index (χ4n) is 1.70. The zero-order chi connectivity index (χ0) is 14.1. The summed E-state index contributed by atoms with van der Waals surface area (Å²) in [5.74, 6) is -0.143. The summed E-state index contributed by atoms with van der Waals surface area (Å²) < 4.78 is 1.01. The second-order valence-corrected chi connectivity index (χ2v) is 6.66. The fraction of sp³-hybridized carbons (Fsp3) is 0.500. The van der Waals surface area contributed by atoms with Crippen LogP contribution in [0.5, 0.6) is 0 Å². The number of carbonyl (C=O) groups is 1. The van der Waals surface area contributed by atoms with Gasteiger partial charge in [-0.1, -0.05) is 36.7 Å². The van der Waals surface area contributed by atoms with Crippen LogP contribution in [-0.4, -0.2) is 11.9 Å². The summed E-state index contributed by atoms with van der Waals surface area (Å²) in [4.78, 5) is 12.1. The molecule has 1 aromatic carbocycles. The fourth-order valence-corrected chi connectivity index (χ4v) is 2.39. The summed E-state index contributed by atoms with van der Waals surface area (Å²) in [5.41, 5.74) is 8.60. The molecule has 0 saturated carbocycles. The average Bonchev–Trinajstić information content (AvgIpc) is 2.20. The van der Waals surface area contributed by atoms with Gasteiger partial charge in [0, 0.05) is 10.2 Å². The molecule has 1 amide bonds. The zero-order valence-electron chi connectivity index (χ0n) is 11.6. The van der Waals surface area contributed by atoms with Gasteiger partial charge >= 0.3 is 0 Å². The molecule has 0 saturated heterocycles. The average molecular weight is 313 g/mol. The molecular weight excluding hydrogens is 292 g/mol. The molecular formula is C14H21BrN2O. The predicted molar refractivity (Wildman–Crippen MR) is 79.7 cm³/mol. The number of halogens is 1. The van der Waals surface area contributed by atoms with Crippen molar-refractivity contribution in [1.29, 1.82) is 0 Å². The van der Waals surface area contributed by atoms with Gasteiger partial charge < -0.3 is 11.1 Å². The van der Waals surface area contributed by atoms with Gasteiger partial charge in [-0.05, 0) is 42.5 Å². The van der Waals surface area contributed by atoms with E-state index in [-0.39, 0.29) is 11.3 Å². The van der Waals surface area contributed by atoms with Crippen molar-refractivity contribution in [3.05, 3.63) is 27.7 Å². The minimum Gasteiger partial charge on any atom is -0.324 e. The first kappa shape index (κ1) is 15.2. The lowest BCUT2D eigenvalue weighted by Crippen LogP contribution is -2.45. The van der Waals surface area contributed by atoms with Crippen molar-refractivity contribution in [2.45, 2.75) is 40.7 Å². The molecule has 1 atom stereocenters. The molecule has 0 spiro atoms. The van der Waals surface area contributed by atoms with Crippen LogP contribution in [0.3, 0.4) is 0 Å². The Morgan fingerprint density at radius 3 is 2.11 bits per heavy atom. The minimum absolute atomic E-state index is 0.143. The second-order valence-electron chi connectivity index (χ2n) is 5.75. The number of nitrogens with two attached hydrogens (primary N) is 1. The van der Waals surface area contributed by atoms with Crippen LogP contribution in [0.4, 0.5) is 5.69 Å². The molecule has 18 heavy (non-hydrogen) atoms. The van der Waals surface area contributed by atoms with Gasteiger partial charge in [-0.2, -0.15) is 0 Å². The Morgan fingerprint density at radius 2 is 1.72 bits per heavy atom. The standard InChI is InChI=1S/C14H21BrN2O/c1-8-6-10(15)7-9(2)11(8)17-13(18)12(16)14(3,4)5/h6-7,12H,16H2,1-5H3,(H,17,18)/t12-/m1/s1. The SMILES string of the molecule is Cc1cc(Br)cc(C)c1NC(=O)[C@@H](N)C(C)(C)C. The Bertz CT molecular complexity index is 440. The maximum Gasteiger partial charge on any atom is 0.241 e. The number of benzene rings is 1. The number of hydrogen-bond donors (Lipinski definition) is 2. The highest BCUT2D eigenvalue weighted by atomic mass is 79.9. The molecule has 0 bridgehead atoms. The third-order valence-electron chi connectivity index (χ3n) is 2.96. The van der Waals surface area contributed by atoms with Crippen LogP contribution < -0.4 is 11.1 Å². The molecule has 100 valence electrons. The van der Waals surface area contributed by atoms with Crippen molar-refractivity contribution < 1.29 is 4.79 Å². The van der Waals surface area contributed by atoms with E-state index in [1.54, 1.807) is 0 Å². The summed E-state index contributed by atoms with van der Waals surface area (Å²) in [6.45, 7) is 9.81. The summed E-state index contributed by atoms with van der Waals surface area (Å²) in [6.07, 6.45) is 0. The molecule has 0 fully saturated rings. The van der Waals surface area contributed by atoms with Crippen molar-refractivity contribution in [1.82, 2.24) is 0 Å². The van der Waals surface area contributed by atoms with E-state index in [1.807, 2.05) is 46.8 Å². The van der Waals surface area contributed by atoms with Gasteiger partial charge in [0.15, 0.2) is 0 Å². The van der Waals surface area contributed by atoms with Gasteiger partial charge in [0.05, 0.1) is 6.04 Å². The van der Waals surface area contributed by atoms with Crippen LogP contribution in [0.2, 0.25) is 0 Å². The summed E-state index contributed by atoms with van der Waals surface area (Å²) in [5, 5.41) is 2.93. The Kier molecular flexibility index (Phi) is 4.56. The number of carbonyl (C=O) groups excluding carboxylic acids is 1. The van der Waals surface area contributed by atoms with Crippen molar-refractivity contribution in [2.24, 2.45) is 11.1 Å². The van der Waals surface area contributed by atoms with Gasteiger partial charge in [-0.15, -0.1) is 0 Å². The van der Waals surface area contributed by atoms with E-state index in [1.165, 1.54) is 0 Å². The Morgan fingerprint density at radius 1 is 1.28 bits per heavy atom. The van der Waals surface area contributed by atoms with Gasteiger partial charge in [0.25, 0.3) is 0 Å². The van der Waals surface area contributed by atoms with E-state index in [9.17, 15) is 4.79 Å². The number of nitrogens with one attached hydrogen (secondary N) is 1. The smallest absolute Gasteiger partial charge is 0.241 e. The number of aryl methyl sites for hydroxylation is 2. The minimum atomic E-state index is -0.528. The number of anilines is 1. The molecule has 0 aliphatic carbocycles. The molecule has 1 rings (SSSR count). The Balaban J connectivity index is 2.96. The third kappa shape index (κ3) is 3.56. The summed E-state index contributed by atoms with van der Waals surface area (Å²) in [7, 11) is 0. The van der Waals surface area contributed by atoms with Crippen molar-refractivity contribution in [3.8, 4) is 0 Å². The zero-order valence-corrected chi connectivity index (χ0v) is 13.2. The lowest BCUT2D eigenvalue weighted by atomic mass is 9.87. The van der Waals surface area contributed by atoms with E-state index < -0.39 is 6.04 Å².